The number of Topliss-reactive ketones (excluding diaryl/α,β-unsaturated/α-hetero) is 1. The van der Waals surface area contributed by atoms with Gasteiger partial charge in [0.25, 0.3) is 0 Å². The molecule has 0 heterocycles. The van der Waals surface area contributed by atoms with E-state index in [2.05, 4.69) is 0 Å². The Morgan fingerprint density at radius 3 is 2.68 bits per heavy atom. The van der Waals surface area contributed by atoms with E-state index >= 15 is 0 Å². The number of rotatable bonds is 5. The van der Waals surface area contributed by atoms with Gasteiger partial charge in [0.05, 0.1) is 6.61 Å². The van der Waals surface area contributed by atoms with Crippen LogP contribution in [0.15, 0.2) is 48.5 Å². The average molecular weight is 275 g/mol. The molecule has 0 aliphatic heterocycles. The fraction of sp³-hybridized carbons (Fsp3) is 0.188. The normalized spacial score (nSPS) is 10.2. The summed E-state index contributed by atoms with van der Waals surface area (Å²) in [6.45, 7) is 2.37. The summed E-state index contributed by atoms with van der Waals surface area (Å²) in [5.74, 6) is 0.828. The molecule has 19 heavy (non-hydrogen) atoms. The number of carbonyl (C=O) groups excluding carboxylic acids is 1. The van der Waals surface area contributed by atoms with Crippen molar-refractivity contribution in [3.05, 3.63) is 64.7 Å². The van der Waals surface area contributed by atoms with Gasteiger partial charge in [-0.3, -0.25) is 4.79 Å². The molecule has 0 aromatic heterocycles. The molecule has 0 radical (unpaired) electrons. The van der Waals surface area contributed by atoms with Crippen molar-refractivity contribution in [2.45, 2.75) is 13.3 Å². The number of hydrogen-bond acceptors (Lipinski definition) is 2. The fourth-order valence-corrected chi connectivity index (χ4v) is 1.96. The third-order valence-electron chi connectivity index (χ3n) is 2.73. The second-order valence-electron chi connectivity index (χ2n) is 4.35. The molecule has 0 aliphatic carbocycles. The molecule has 2 nitrogen and oxygen atoms in total. The average Bonchev–Trinajstić information content (AvgIpc) is 2.38. The Bertz CT molecular complexity index is 578. The first kappa shape index (κ1) is 13.6. The summed E-state index contributed by atoms with van der Waals surface area (Å²) in [4.78, 5) is 11.9. The lowest BCUT2D eigenvalue weighted by Crippen LogP contribution is -2.06. The summed E-state index contributed by atoms with van der Waals surface area (Å²) in [5, 5.41) is 0.574. The fourth-order valence-electron chi connectivity index (χ4n) is 1.77. The maximum Gasteiger partial charge on any atom is 0.166 e. The van der Waals surface area contributed by atoms with Crippen LogP contribution in [0.2, 0.25) is 5.02 Å². The molecule has 0 amide bonds. The number of carbonyl (C=O) groups is 1. The predicted octanol–water partition coefficient (Wildman–Crippen LogP) is 4.30. The molecule has 0 fully saturated rings. The van der Waals surface area contributed by atoms with Gasteiger partial charge in [-0.05, 0) is 36.8 Å². The number of ether oxygens (including phenoxy) is 1. The molecule has 0 spiro atoms. The summed E-state index contributed by atoms with van der Waals surface area (Å²) in [6, 6.07) is 14.7. The smallest absolute Gasteiger partial charge is 0.166 e. The van der Waals surface area contributed by atoms with E-state index in [1.54, 1.807) is 24.3 Å². The molecule has 0 N–H and O–H groups in total. The van der Waals surface area contributed by atoms with Crippen molar-refractivity contribution < 1.29 is 9.53 Å². The lowest BCUT2D eigenvalue weighted by molar-refractivity contribution is 0.0962. The van der Waals surface area contributed by atoms with E-state index in [4.69, 9.17) is 16.3 Å². The van der Waals surface area contributed by atoms with Crippen molar-refractivity contribution in [2.24, 2.45) is 0 Å². The van der Waals surface area contributed by atoms with Crippen LogP contribution in [0, 0.1) is 6.92 Å². The molecule has 2 aromatic rings. The molecule has 98 valence electrons. The minimum atomic E-state index is 0.0372. The molecule has 0 bridgehead atoms. The molecule has 0 atom stereocenters. The molecule has 0 unspecified atom stereocenters. The summed E-state index contributed by atoms with van der Waals surface area (Å²) < 4.78 is 5.56. The molecule has 0 aliphatic rings. The van der Waals surface area contributed by atoms with Crippen molar-refractivity contribution in [1.29, 1.82) is 0 Å². The predicted molar refractivity (Wildman–Crippen MR) is 77.1 cm³/mol. The highest BCUT2D eigenvalue weighted by Gasteiger charge is 2.06. The highest BCUT2D eigenvalue weighted by atomic mass is 35.5. The van der Waals surface area contributed by atoms with Crippen LogP contribution in [0.5, 0.6) is 5.75 Å². The molecule has 0 saturated carbocycles. The Hall–Kier alpha value is -1.80. The van der Waals surface area contributed by atoms with Crippen LogP contribution < -0.4 is 4.74 Å². The van der Waals surface area contributed by atoms with Crippen molar-refractivity contribution in [3.8, 4) is 5.75 Å². The third-order valence-corrected chi connectivity index (χ3v) is 2.97. The van der Waals surface area contributed by atoms with E-state index in [0.29, 0.717) is 23.6 Å². The van der Waals surface area contributed by atoms with Gasteiger partial charge in [-0.25, -0.2) is 0 Å². The van der Waals surface area contributed by atoms with E-state index in [-0.39, 0.29) is 5.78 Å². The third kappa shape index (κ3) is 4.11. The zero-order chi connectivity index (χ0) is 13.7. The standard InChI is InChI=1S/C16H15ClO2/c1-12-4-2-7-15(10-12)19-9-8-16(18)13-5-3-6-14(17)11-13/h2-7,10-11H,8-9H2,1H3. The summed E-state index contributed by atoms with van der Waals surface area (Å²) in [7, 11) is 0. The first-order valence-corrected chi connectivity index (χ1v) is 6.51. The number of halogens is 1. The Kier molecular flexibility index (Phi) is 4.58. The lowest BCUT2D eigenvalue weighted by atomic mass is 10.1. The maximum atomic E-state index is 11.9. The highest BCUT2D eigenvalue weighted by molar-refractivity contribution is 6.31. The van der Waals surface area contributed by atoms with Crippen LogP contribution in [-0.4, -0.2) is 12.4 Å². The molecular formula is C16H15ClO2. The van der Waals surface area contributed by atoms with Crippen LogP contribution >= 0.6 is 11.6 Å². The van der Waals surface area contributed by atoms with Crippen molar-refractivity contribution in [1.82, 2.24) is 0 Å². The topological polar surface area (TPSA) is 26.3 Å². The highest BCUT2D eigenvalue weighted by Crippen LogP contribution is 2.14. The van der Waals surface area contributed by atoms with E-state index in [1.165, 1.54) is 0 Å². The van der Waals surface area contributed by atoms with E-state index in [0.717, 1.165) is 11.3 Å². The Morgan fingerprint density at radius 1 is 1.16 bits per heavy atom. The minimum Gasteiger partial charge on any atom is -0.493 e. The zero-order valence-electron chi connectivity index (χ0n) is 10.7. The largest absolute Gasteiger partial charge is 0.493 e. The van der Waals surface area contributed by atoms with Crippen LogP contribution in [0.3, 0.4) is 0 Å². The summed E-state index contributed by atoms with van der Waals surface area (Å²) >= 11 is 5.85. The first-order valence-electron chi connectivity index (χ1n) is 6.13. The van der Waals surface area contributed by atoms with Gasteiger partial charge in [-0.1, -0.05) is 35.9 Å². The van der Waals surface area contributed by atoms with Crippen LogP contribution in [0.4, 0.5) is 0 Å². The van der Waals surface area contributed by atoms with Crippen molar-refractivity contribution in [2.75, 3.05) is 6.61 Å². The van der Waals surface area contributed by atoms with Crippen molar-refractivity contribution in [3.63, 3.8) is 0 Å². The zero-order valence-corrected chi connectivity index (χ0v) is 11.5. The second kappa shape index (κ2) is 6.39. The van der Waals surface area contributed by atoms with Gasteiger partial charge >= 0.3 is 0 Å². The minimum absolute atomic E-state index is 0.0372. The van der Waals surface area contributed by atoms with Gasteiger partial charge in [0, 0.05) is 17.0 Å². The summed E-state index contributed by atoms with van der Waals surface area (Å²) in [5.41, 5.74) is 1.76. The Balaban J connectivity index is 1.87. The van der Waals surface area contributed by atoms with Gasteiger partial charge in [0.2, 0.25) is 0 Å². The molecule has 2 aromatic carbocycles. The van der Waals surface area contributed by atoms with Gasteiger partial charge < -0.3 is 4.74 Å². The molecular weight excluding hydrogens is 260 g/mol. The van der Waals surface area contributed by atoms with Gasteiger partial charge in [-0.2, -0.15) is 0 Å². The van der Waals surface area contributed by atoms with Crippen LogP contribution in [-0.2, 0) is 0 Å². The first-order chi connectivity index (χ1) is 9.15. The van der Waals surface area contributed by atoms with Gasteiger partial charge in [-0.15, -0.1) is 0 Å². The number of aryl methyl sites for hydroxylation is 1. The molecule has 3 heteroatoms. The van der Waals surface area contributed by atoms with Gasteiger partial charge in [0.15, 0.2) is 5.78 Å². The molecule has 2 rings (SSSR count). The van der Waals surface area contributed by atoms with E-state index in [1.807, 2.05) is 31.2 Å². The summed E-state index contributed by atoms with van der Waals surface area (Å²) in [6.07, 6.45) is 0.342. The molecule has 0 saturated heterocycles. The van der Waals surface area contributed by atoms with E-state index < -0.39 is 0 Å². The number of ketones is 1. The SMILES string of the molecule is Cc1cccc(OCCC(=O)c2cccc(Cl)c2)c1. The van der Waals surface area contributed by atoms with Crippen LogP contribution in [0.1, 0.15) is 22.3 Å². The Labute approximate surface area is 118 Å². The quantitative estimate of drug-likeness (QED) is 0.760. The maximum absolute atomic E-state index is 11.9. The Morgan fingerprint density at radius 2 is 1.95 bits per heavy atom. The lowest BCUT2D eigenvalue weighted by Gasteiger charge is -2.06. The second-order valence-corrected chi connectivity index (χ2v) is 4.78. The number of benzene rings is 2. The number of hydrogen-bond donors (Lipinski definition) is 0. The monoisotopic (exact) mass is 274 g/mol. The van der Waals surface area contributed by atoms with Crippen molar-refractivity contribution >= 4 is 17.4 Å². The van der Waals surface area contributed by atoms with Gasteiger partial charge in [0.1, 0.15) is 5.75 Å². The van der Waals surface area contributed by atoms with Crippen LogP contribution in [0.25, 0.3) is 0 Å². The van der Waals surface area contributed by atoms with E-state index in [9.17, 15) is 4.79 Å².